The molecule has 88 valence electrons. The topological polar surface area (TPSA) is 40.5 Å². The first kappa shape index (κ1) is 12.4. The molecule has 6 heteroatoms. The Morgan fingerprint density at radius 2 is 1.88 bits per heavy atom. The Morgan fingerprint density at radius 1 is 1.31 bits per heavy atom. The summed E-state index contributed by atoms with van der Waals surface area (Å²) in [5, 5.41) is 8.68. The molecule has 0 aliphatic heterocycles. The van der Waals surface area contributed by atoms with Gasteiger partial charge in [0.2, 0.25) is 0 Å². The highest BCUT2D eigenvalue weighted by Gasteiger charge is 2.34. The van der Waals surface area contributed by atoms with Gasteiger partial charge in [-0.1, -0.05) is 0 Å². The van der Waals surface area contributed by atoms with Crippen LogP contribution in [0.3, 0.4) is 0 Å². The maximum atomic E-state index is 12.6. The molecule has 0 radical (unpaired) electrons. The summed E-state index contributed by atoms with van der Waals surface area (Å²) in [6, 6.07) is 2.72. The first-order chi connectivity index (χ1) is 7.23. The van der Waals surface area contributed by atoms with E-state index in [4.69, 9.17) is 5.11 Å². The molecule has 0 saturated carbocycles. The summed E-state index contributed by atoms with van der Waals surface area (Å²) in [4.78, 5) is 11.9. The summed E-state index contributed by atoms with van der Waals surface area (Å²) in [7, 11) is 2.85. The van der Waals surface area contributed by atoms with Crippen LogP contribution in [-0.4, -0.2) is 25.2 Å². The number of carboxylic acids is 1. The monoisotopic (exact) mass is 233 g/mol. The van der Waals surface area contributed by atoms with Crippen molar-refractivity contribution in [3.8, 4) is 0 Å². The van der Waals surface area contributed by atoms with Crippen LogP contribution in [0.5, 0.6) is 0 Å². The zero-order valence-electron chi connectivity index (χ0n) is 8.67. The van der Waals surface area contributed by atoms with Crippen molar-refractivity contribution in [1.29, 1.82) is 0 Å². The van der Waals surface area contributed by atoms with E-state index in [0.29, 0.717) is 0 Å². The van der Waals surface area contributed by atoms with E-state index in [1.54, 1.807) is 0 Å². The van der Waals surface area contributed by atoms with Crippen LogP contribution in [0.4, 0.5) is 18.9 Å². The number of hydrogen-bond acceptors (Lipinski definition) is 2. The van der Waals surface area contributed by atoms with Crippen LogP contribution >= 0.6 is 0 Å². The number of nitrogens with zero attached hydrogens (tertiary/aromatic N) is 1. The summed E-state index contributed by atoms with van der Waals surface area (Å²) >= 11 is 0. The Balaban J connectivity index is 3.37. The molecule has 0 saturated heterocycles. The molecule has 0 unspecified atom stereocenters. The maximum absolute atomic E-state index is 12.6. The van der Waals surface area contributed by atoms with Crippen LogP contribution in [0.1, 0.15) is 15.9 Å². The van der Waals surface area contributed by atoms with Gasteiger partial charge in [-0.2, -0.15) is 13.2 Å². The lowest BCUT2D eigenvalue weighted by molar-refractivity contribution is -0.137. The normalized spacial score (nSPS) is 11.3. The van der Waals surface area contributed by atoms with Crippen molar-refractivity contribution in [2.75, 3.05) is 19.0 Å². The van der Waals surface area contributed by atoms with E-state index in [0.717, 1.165) is 18.2 Å². The number of anilines is 1. The third-order valence-electron chi connectivity index (χ3n) is 2.03. The molecule has 3 nitrogen and oxygen atoms in total. The summed E-state index contributed by atoms with van der Waals surface area (Å²) in [5.41, 5.74) is -1.17. The number of carboxylic acid groups (broad SMARTS) is 1. The van der Waals surface area contributed by atoms with E-state index >= 15 is 0 Å². The van der Waals surface area contributed by atoms with Crippen molar-refractivity contribution in [3.05, 3.63) is 29.3 Å². The van der Waals surface area contributed by atoms with Crippen molar-refractivity contribution >= 4 is 11.7 Å². The summed E-state index contributed by atoms with van der Waals surface area (Å²) < 4.78 is 37.7. The number of halogens is 3. The standard InChI is InChI=1S/C10H10F3NO2/c1-14(2)8-5-6(9(15)16)3-4-7(8)10(11,12)13/h3-5H,1-2H3,(H,15,16). The average Bonchev–Trinajstić information content (AvgIpc) is 2.15. The highest BCUT2D eigenvalue weighted by Crippen LogP contribution is 2.36. The molecule has 0 aliphatic carbocycles. The smallest absolute Gasteiger partial charge is 0.418 e. The number of hydrogen-bond donors (Lipinski definition) is 1. The van der Waals surface area contributed by atoms with Crippen LogP contribution in [0.25, 0.3) is 0 Å². The van der Waals surface area contributed by atoms with Crippen LogP contribution in [0.15, 0.2) is 18.2 Å². The van der Waals surface area contributed by atoms with E-state index in [1.807, 2.05) is 0 Å². The van der Waals surface area contributed by atoms with Crippen LogP contribution < -0.4 is 4.90 Å². The zero-order valence-corrected chi connectivity index (χ0v) is 8.67. The van der Waals surface area contributed by atoms with Gasteiger partial charge in [0.15, 0.2) is 0 Å². The van der Waals surface area contributed by atoms with Crippen molar-refractivity contribution < 1.29 is 23.1 Å². The fourth-order valence-corrected chi connectivity index (χ4v) is 1.27. The molecule has 0 bridgehead atoms. The Kier molecular flexibility index (Phi) is 3.11. The van der Waals surface area contributed by atoms with Gasteiger partial charge in [0.25, 0.3) is 0 Å². The van der Waals surface area contributed by atoms with Crippen molar-refractivity contribution in [2.45, 2.75) is 6.18 Å². The minimum atomic E-state index is -4.49. The number of aromatic carboxylic acids is 1. The van der Waals surface area contributed by atoms with Crippen LogP contribution in [0.2, 0.25) is 0 Å². The number of alkyl halides is 3. The number of benzene rings is 1. The Bertz CT molecular complexity index is 413. The van der Waals surface area contributed by atoms with Gasteiger partial charge in [0, 0.05) is 19.8 Å². The average molecular weight is 233 g/mol. The van der Waals surface area contributed by atoms with Crippen molar-refractivity contribution in [1.82, 2.24) is 0 Å². The van der Waals surface area contributed by atoms with Crippen LogP contribution in [0, 0.1) is 0 Å². The SMILES string of the molecule is CN(C)c1cc(C(=O)O)ccc1C(F)(F)F. The third-order valence-corrected chi connectivity index (χ3v) is 2.03. The second-order valence-electron chi connectivity index (χ2n) is 3.43. The predicted octanol–water partition coefficient (Wildman–Crippen LogP) is 2.47. The van der Waals surface area contributed by atoms with Gasteiger partial charge < -0.3 is 10.0 Å². The summed E-state index contributed by atoms with van der Waals surface area (Å²) in [6.07, 6.45) is -4.49. The van der Waals surface area contributed by atoms with Gasteiger partial charge in [-0.05, 0) is 18.2 Å². The molecule has 1 N–H and O–H groups in total. The fraction of sp³-hybridized carbons (Fsp3) is 0.300. The van der Waals surface area contributed by atoms with Crippen molar-refractivity contribution in [2.24, 2.45) is 0 Å². The first-order valence-electron chi connectivity index (χ1n) is 4.35. The molecule has 0 amide bonds. The highest BCUT2D eigenvalue weighted by atomic mass is 19.4. The number of rotatable bonds is 2. The second-order valence-corrected chi connectivity index (χ2v) is 3.43. The van der Waals surface area contributed by atoms with Gasteiger partial charge in [-0.25, -0.2) is 4.79 Å². The van der Waals surface area contributed by atoms with Crippen LogP contribution in [-0.2, 0) is 6.18 Å². The lowest BCUT2D eigenvalue weighted by atomic mass is 10.1. The Labute approximate surface area is 90.1 Å². The van der Waals surface area contributed by atoms with Gasteiger partial charge in [-0.3, -0.25) is 0 Å². The Hall–Kier alpha value is -1.72. The van der Waals surface area contributed by atoms with E-state index in [-0.39, 0.29) is 11.3 Å². The molecule has 1 rings (SSSR count). The van der Waals surface area contributed by atoms with Gasteiger partial charge >= 0.3 is 12.1 Å². The quantitative estimate of drug-likeness (QED) is 0.853. The zero-order chi connectivity index (χ0) is 12.5. The third kappa shape index (κ3) is 2.44. The number of carbonyl (C=O) groups is 1. The molecular weight excluding hydrogens is 223 g/mol. The Morgan fingerprint density at radius 3 is 2.25 bits per heavy atom. The molecule has 0 spiro atoms. The van der Waals surface area contributed by atoms with Gasteiger partial charge in [-0.15, -0.1) is 0 Å². The van der Waals surface area contributed by atoms with E-state index in [1.165, 1.54) is 19.0 Å². The van der Waals surface area contributed by atoms with Gasteiger partial charge in [0.1, 0.15) is 0 Å². The molecule has 0 heterocycles. The molecule has 0 aliphatic rings. The molecule has 1 aromatic carbocycles. The lowest BCUT2D eigenvalue weighted by Crippen LogP contribution is -2.17. The summed E-state index contributed by atoms with van der Waals surface area (Å²) in [6.45, 7) is 0. The minimum Gasteiger partial charge on any atom is -0.478 e. The molecule has 16 heavy (non-hydrogen) atoms. The second kappa shape index (κ2) is 4.03. The maximum Gasteiger partial charge on any atom is 0.418 e. The molecule has 1 aromatic rings. The molecular formula is C10H10F3NO2. The lowest BCUT2D eigenvalue weighted by Gasteiger charge is -2.19. The van der Waals surface area contributed by atoms with Crippen molar-refractivity contribution in [3.63, 3.8) is 0 Å². The molecule has 0 fully saturated rings. The summed E-state index contributed by atoms with van der Waals surface area (Å²) in [5.74, 6) is -1.25. The fourth-order valence-electron chi connectivity index (χ4n) is 1.27. The first-order valence-corrected chi connectivity index (χ1v) is 4.35. The van der Waals surface area contributed by atoms with E-state index in [9.17, 15) is 18.0 Å². The molecule has 0 atom stereocenters. The predicted molar refractivity (Wildman–Crippen MR) is 52.7 cm³/mol. The van der Waals surface area contributed by atoms with E-state index in [2.05, 4.69) is 0 Å². The largest absolute Gasteiger partial charge is 0.478 e. The minimum absolute atomic E-state index is 0.160. The van der Waals surface area contributed by atoms with E-state index < -0.39 is 17.7 Å². The van der Waals surface area contributed by atoms with Gasteiger partial charge in [0.05, 0.1) is 11.1 Å². The molecule has 0 aromatic heterocycles. The highest BCUT2D eigenvalue weighted by molar-refractivity contribution is 5.89.